The molecule has 0 saturated carbocycles. The molecule has 3 aromatic rings. The Labute approximate surface area is 196 Å². The first kappa shape index (κ1) is 23.5. The van der Waals surface area contributed by atoms with Crippen molar-refractivity contribution in [2.75, 3.05) is 19.8 Å². The lowest BCUT2D eigenvalue weighted by molar-refractivity contribution is 0.0519. The first-order chi connectivity index (χ1) is 16.4. The van der Waals surface area contributed by atoms with E-state index in [-0.39, 0.29) is 36.9 Å². The smallest absolute Gasteiger partial charge is 0.347 e. The zero-order valence-corrected chi connectivity index (χ0v) is 19.4. The van der Waals surface area contributed by atoms with Crippen molar-refractivity contribution in [2.24, 2.45) is 0 Å². The van der Waals surface area contributed by atoms with Crippen LogP contribution in [-0.4, -0.2) is 35.3 Å². The van der Waals surface area contributed by atoms with Gasteiger partial charge in [0.05, 0.1) is 19.8 Å². The number of hydrogen-bond donors (Lipinski definition) is 0. The monoisotopic (exact) mass is 466 g/mol. The van der Waals surface area contributed by atoms with Crippen LogP contribution in [0.25, 0.3) is 11.0 Å². The Balaban J connectivity index is 1.97. The van der Waals surface area contributed by atoms with Gasteiger partial charge >= 0.3 is 5.97 Å². The largest absolute Gasteiger partial charge is 0.490 e. The van der Waals surface area contributed by atoms with Crippen LogP contribution >= 0.6 is 0 Å². The maximum absolute atomic E-state index is 13.6. The van der Waals surface area contributed by atoms with Gasteiger partial charge in [0.1, 0.15) is 23.5 Å². The Kier molecular flexibility index (Phi) is 6.95. The predicted octanol–water partition coefficient (Wildman–Crippen LogP) is 4.43. The number of pyridine rings is 2. The van der Waals surface area contributed by atoms with E-state index in [2.05, 4.69) is 11.6 Å². The molecule has 2 aromatic heterocycles. The van der Waals surface area contributed by atoms with Gasteiger partial charge in [0.15, 0.2) is 17.1 Å². The Morgan fingerprint density at radius 1 is 1.26 bits per heavy atom. The number of hydrogen-bond acceptors (Lipinski definition) is 6. The Morgan fingerprint density at radius 3 is 2.74 bits per heavy atom. The fourth-order valence-corrected chi connectivity index (χ4v) is 3.94. The van der Waals surface area contributed by atoms with Crippen LogP contribution in [0.1, 0.15) is 48.2 Å². The maximum atomic E-state index is 13.6. The van der Waals surface area contributed by atoms with Gasteiger partial charge in [0, 0.05) is 18.2 Å². The van der Waals surface area contributed by atoms with Crippen molar-refractivity contribution in [3.05, 3.63) is 75.5 Å². The average molecular weight is 467 g/mol. The summed E-state index contributed by atoms with van der Waals surface area (Å²) in [4.78, 5) is 31.0. The normalized spacial score (nSPS) is 12.9. The molecule has 0 N–H and O–H groups in total. The molecular weight excluding hydrogens is 439 g/mol. The SMILES string of the molecule is C=C1COc2c(Cc3ccc(F)cc3)cnc3c(OCCCC)c(C(=O)OCC)c(=O)n(c23)C1. The van der Waals surface area contributed by atoms with E-state index in [4.69, 9.17) is 14.2 Å². The molecule has 0 saturated heterocycles. The van der Waals surface area contributed by atoms with Crippen LogP contribution in [0.5, 0.6) is 11.5 Å². The standard InChI is InChI=1S/C26H27FN2O5/c1-4-6-11-33-24-20(26(31)32-5-2)25(30)29-14-16(3)15-34-23-18(13-28-21(24)22(23)29)12-17-7-9-19(27)10-8-17/h7-10,13H,3-6,11-12,14-15H2,1-2H3. The molecule has 0 spiro atoms. The quantitative estimate of drug-likeness (QED) is 0.278. The summed E-state index contributed by atoms with van der Waals surface area (Å²) in [5.41, 5.74) is 2.35. The fourth-order valence-electron chi connectivity index (χ4n) is 3.94. The highest BCUT2D eigenvalue weighted by molar-refractivity contribution is 6.00. The summed E-state index contributed by atoms with van der Waals surface area (Å²) < 4.78 is 32.1. The van der Waals surface area contributed by atoms with Crippen LogP contribution < -0.4 is 15.0 Å². The molecule has 0 amide bonds. The Morgan fingerprint density at radius 2 is 2.03 bits per heavy atom. The highest BCUT2D eigenvalue weighted by atomic mass is 19.1. The van der Waals surface area contributed by atoms with Gasteiger partial charge in [-0.15, -0.1) is 0 Å². The van der Waals surface area contributed by atoms with Gasteiger partial charge in [-0.1, -0.05) is 32.1 Å². The Bertz CT molecular complexity index is 1300. The zero-order chi connectivity index (χ0) is 24.2. The molecule has 0 unspecified atom stereocenters. The van der Waals surface area contributed by atoms with Crippen molar-refractivity contribution >= 4 is 17.0 Å². The van der Waals surface area contributed by atoms with Gasteiger partial charge in [0.2, 0.25) is 0 Å². The minimum atomic E-state index is -0.751. The molecule has 0 atom stereocenters. The molecule has 0 fully saturated rings. The third-order valence-corrected chi connectivity index (χ3v) is 5.59. The van der Waals surface area contributed by atoms with Gasteiger partial charge < -0.3 is 14.2 Å². The van der Waals surface area contributed by atoms with Crippen LogP contribution in [-0.2, 0) is 17.7 Å². The lowest BCUT2D eigenvalue weighted by Crippen LogP contribution is -2.29. The molecule has 8 heteroatoms. The number of carbonyl (C=O) groups is 1. The van der Waals surface area contributed by atoms with Crippen molar-refractivity contribution in [1.82, 2.24) is 9.55 Å². The zero-order valence-electron chi connectivity index (χ0n) is 19.4. The van der Waals surface area contributed by atoms with E-state index in [9.17, 15) is 14.0 Å². The maximum Gasteiger partial charge on any atom is 0.347 e. The summed E-state index contributed by atoms with van der Waals surface area (Å²) in [6, 6.07) is 6.17. The molecule has 0 radical (unpaired) electrons. The second-order valence-electron chi connectivity index (χ2n) is 8.17. The molecule has 1 aliphatic heterocycles. The van der Waals surface area contributed by atoms with E-state index in [1.165, 1.54) is 16.7 Å². The van der Waals surface area contributed by atoms with E-state index in [0.29, 0.717) is 35.4 Å². The highest BCUT2D eigenvalue weighted by Crippen LogP contribution is 2.37. The van der Waals surface area contributed by atoms with E-state index in [0.717, 1.165) is 24.0 Å². The molecule has 4 rings (SSSR count). The van der Waals surface area contributed by atoms with Crippen LogP contribution in [0, 0.1) is 5.82 Å². The molecule has 1 aromatic carbocycles. The number of benzene rings is 1. The summed E-state index contributed by atoms with van der Waals surface area (Å²) in [5.74, 6) is -0.492. The lowest BCUT2D eigenvalue weighted by Gasteiger charge is -2.18. The van der Waals surface area contributed by atoms with E-state index in [1.807, 2.05) is 6.92 Å². The minimum absolute atomic E-state index is 0.105. The second-order valence-corrected chi connectivity index (χ2v) is 8.17. The van der Waals surface area contributed by atoms with Gasteiger partial charge in [0.25, 0.3) is 5.56 Å². The summed E-state index contributed by atoms with van der Waals surface area (Å²) in [7, 11) is 0. The molecule has 0 aliphatic carbocycles. The first-order valence-electron chi connectivity index (χ1n) is 11.4. The van der Waals surface area contributed by atoms with Crippen molar-refractivity contribution in [3.63, 3.8) is 0 Å². The number of unbranched alkanes of at least 4 members (excludes halogenated alkanes) is 1. The van der Waals surface area contributed by atoms with E-state index in [1.54, 1.807) is 25.3 Å². The first-order valence-corrected chi connectivity index (χ1v) is 11.4. The number of carbonyl (C=O) groups excluding carboxylic acids is 1. The summed E-state index contributed by atoms with van der Waals surface area (Å²) in [5, 5.41) is 0. The predicted molar refractivity (Wildman–Crippen MR) is 126 cm³/mol. The van der Waals surface area contributed by atoms with Gasteiger partial charge in [-0.2, -0.15) is 0 Å². The molecule has 1 aliphatic rings. The van der Waals surface area contributed by atoms with Gasteiger partial charge in [-0.3, -0.25) is 14.3 Å². The molecule has 7 nitrogen and oxygen atoms in total. The number of nitrogens with zero attached hydrogens (tertiary/aromatic N) is 2. The second kappa shape index (κ2) is 10.1. The number of esters is 1. The van der Waals surface area contributed by atoms with Crippen LogP contribution in [0.4, 0.5) is 4.39 Å². The average Bonchev–Trinajstić information content (AvgIpc) is 2.99. The van der Waals surface area contributed by atoms with Gasteiger partial charge in [-0.05, 0) is 36.6 Å². The third kappa shape index (κ3) is 4.53. The Hall–Kier alpha value is -3.68. The van der Waals surface area contributed by atoms with Crippen LogP contribution in [0.15, 0.2) is 47.4 Å². The van der Waals surface area contributed by atoms with Crippen molar-refractivity contribution in [3.8, 4) is 11.5 Å². The summed E-state index contributed by atoms with van der Waals surface area (Å²) >= 11 is 0. The number of aromatic nitrogens is 2. The minimum Gasteiger partial charge on any atom is -0.490 e. The lowest BCUT2D eigenvalue weighted by atomic mass is 10.0. The number of ether oxygens (including phenoxy) is 3. The van der Waals surface area contributed by atoms with Crippen LogP contribution in [0.3, 0.4) is 0 Å². The number of halogens is 1. The van der Waals surface area contributed by atoms with E-state index < -0.39 is 11.5 Å². The fraction of sp³-hybridized carbons (Fsp3) is 0.346. The molecule has 3 heterocycles. The molecule has 34 heavy (non-hydrogen) atoms. The molecule has 178 valence electrons. The van der Waals surface area contributed by atoms with Crippen molar-refractivity contribution in [2.45, 2.75) is 39.7 Å². The van der Waals surface area contributed by atoms with Crippen LogP contribution in [0.2, 0.25) is 0 Å². The molecule has 0 bridgehead atoms. The third-order valence-electron chi connectivity index (χ3n) is 5.59. The van der Waals surface area contributed by atoms with Gasteiger partial charge in [-0.25, -0.2) is 9.18 Å². The number of rotatable bonds is 8. The topological polar surface area (TPSA) is 79.7 Å². The van der Waals surface area contributed by atoms with Crippen molar-refractivity contribution in [1.29, 1.82) is 0 Å². The highest BCUT2D eigenvalue weighted by Gasteiger charge is 2.30. The summed E-state index contributed by atoms with van der Waals surface area (Å²) in [6.07, 6.45) is 3.69. The molecular formula is C26H27FN2O5. The van der Waals surface area contributed by atoms with Crippen molar-refractivity contribution < 1.29 is 23.4 Å². The van der Waals surface area contributed by atoms with E-state index >= 15 is 0 Å². The summed E-state index contributed by atoms with van der Waals surface area (Å²) in [6.45, 7) is 8.53.